The molecule has 54 valence electrons. The van der Waals surface area contributed by atoms with Gasteiger partial charge in [-0.1, -0.05) is 5.56 Å². The minimum Gasteiger partial charge on any atom is -0.183 e. The average molecular weight is 145 g/mol. The van der Waals surface area contributed by atoms with Crippen molar-refractivity contribution in [3.8, 4) is 0 Å². The molecule has 0 spiro atoms. The van der Waals surface area contributed by atoms with Crippen molar-refractivity contribution in [2.24, 2.45) is 0 Å². The van der Waals surface area contributed by atoms with Crippen molar-refractivity contribution >= 4 is 0 Å². The van der Waals surface area contributed by atoms with Gasteiger partial charge in [-0.3, -0.25) is 0 Å². The fraction of sp³-hybridized carbons (Fsp3) is 0.143. The molecule has 0 saturated carbocycles. The van der Waals surface area contributed by atoms with Gasteiger partial charge in [-0.25, -0.2) is 0 Å². The highest BCUT2D eigenvalue weighted by Crippen LogP contribution is 2.28. The summed E-state index contributed by atoms with van der Waals surface area (Å²) in [4.78, 5) is 0. The van der Waals surface area contributed by atoms with Crippen LogP contribution in [0.15, 0.2) is 24.3 Å². The van der Waals surface area contributed by atoms with E-state index in [2.05, 4.69) is 6.07 Å². The van der Waals surface area contributed by atoms with Gasteiger partial charge in [-0.15, -0.1) is 0 Å². The van der Waals surface area contributed by atoms with Crippen molar-refractivity contribution in [1.29, 1.82) is 0 Å². The zero-order chi connectivity index (χ0) is 7.61. The molecular weight excluding hydrogens is 141 g/mol. The Kier molecular flexibility index (Phi) is 1.66. The van der Waals surface area contributed by atoms with E-state index < -0.39 is 11.7 Å². The zero-order valence-corrected chi connectivity index (χ0v) is 4.94. The molecule has 1 aromatic rings. The molecule has 0 atom stereocenters. The predicted molar refractivity (Wildman–Crippen MR) is 30.3 cm³/mol. The second-order valence-corrected chi connectivity index (χ2v) is 1.79. The standard InChI is InChI=1S/C7H4F3/c8-7(9,10)6-4-2-1-3-5-6/h1-2,4-5H/q-1. The van der Waals surface area contributed by atoms with Crippen LogP contribution >= 0.6 is 0 Å². The van der Waals surface area contributed by atoms with Gasteiger partial charge in [-0.05, 0) is 0 Å². The molecule has 0 fully saturated rings. The molecule has 0 aliphatic carbocycles. The molecule has 0 nitrogen and oxygen atoms in total. The van der Waals surface area contributed by atoms with Gasteiger partial charge in [0.25, 0.3) is 0 Å². The quantitative estimate of drug-likeness (QED) is 0.492. The first kappa shape index (κ1) is 7.12. The molecule has 1 aromatic carbocycles. The third kappa shape index (κ3) is 1.50. The molecular formula is C7H4F3-. The van der Waals surface area contributed by atoms with E-state index in [4.69, 9.17) is 0 Å². The Hall–Kier alpha value is -0.990. The third-order valence-electron chi connectivity index (χ3n) is 1.03. The van der Waals surface area contributed by atoms with Gasteiger partial charge in [0, 0.05) is 0 Å². The molecule has 0 amide bonds. The predicted octanol–water partition coefficient (Wildman–Crippen LogP) is 2.51. The van der Waals surface area contributed by atoms with E-state index >= 15 is 0 Å². The number of alkyl halides is 3. The Balaban J connectivity index is 2.97. The maximum atomic E-state index is 11.8. The van der Waals surface area contributed by atoms with Crippen LogP contribution in [-0.4, -0.2) is 0 Å². The molecule has 0 N–H and O–H groups in total. The van der Waals surface area contributed by atoms with Crippen molar-refractivity contribution in [2.45, 2.75) is 6.18 Å². The molecule has 10 heavy (non-hydrogen) atoms. The van der Waals surface area contributed by atoms with E-state index in [1.807, 2.05) is 0 Å². The molecule has 3 heteroatoms. The summed E-state index contributed by atoms with van der Waals surface area (Å²) in [5.41, 5.74) is -0.657. The summed E-state index contributed by atoms with van der Waals surface area (Å²) in [6, 6.07) is 7.01. The first-order valence-electron chi connectivity index (χ1n) is 2.64. The summed E-state index contributed by atoms with van der Waals surface area (Å²) in [6.07, 6.45) is -4.24. The molecule has 0 bridgehead atoms. The van der Waals surface area contributed by atoms with E-state index in [0.717, 1.165) is 12.1 Å². The number of hydrogen-bond donors (Lipinski definition) is 0. The number of halogens is 3. The Morgan fingerprint density at radius 1 is 1.30 bits per heavy atom. The second-order valence-electron chi connectivity index (χ2n) is 1.79. The van der Waals surface area contributed by atoms with Crippen LogP contribution in [0, 0.1) is 6.07 Å². The van der Waals surface area contributed by atoms with Crippen LogP contribution in [0.2, 0.25) is 0 Å². The molecule has 0 aromatic heterocycles. The highest BCUT2D eigenvalue weighted by molar-refractivity contribution is 5.16. The van der Waals surface area contributed by atoms with Crippen LogP contribution in [0.1, 0.15) is 5.56 Å². The number of rotatable bonds is 0. The highest BCUT2D eigenvalue weighted by Gasteiger charge is 2.23. The molecule has 0 saturated heterocycles. The van der Waals surface area contributed by atoms with Gasteiger partial charge in [0.15, 0.2) is 0 Å². The minimum atomic E-state index is -4.24. The minimum absolute atomic E-state index is 0.657. The molecule has 0 radical (unpaired) electrons. The van der Waals surface area contributed by atoms with E-state index in [9.17, 15) is 13.2 Å². The Morgan fingerprint density at radius 2 is 2.00 bits per heavy atom. The first-order valence-corrected chi connectivity index (χ1v) is 2.64. The normalized spacial score (nSPS) is 11.5. The van der Waals surface area contributed by atoms with E-state index in [1.54, 1.807) is 0 Å². The molecule has 1 rings (SSSR count). The number of hydrogen-bond acceptors (Lipinski definition) is 0. The number of benzene rings is 1. The maximum Gasteiger partial charge on any atom is 0.370 e. The Morgan fingerprint density at radius 3 is 2.30 bits per heavy atom. The molecule has 0 aliphatic rings. The topological polar surface area (TPSA) is 0 Å². The van der Waals surface area contributed by atoms with Crippen LogP contribution in [0.5, 0.6) is 0 Å². The summed E-state index contributed by atoms with van der Waals surface area (Å²) >= 11 is 0. The van der Waals surface area contributed by atoms with Crippen molar-refractivity contribution < 1.29 is 13.2 Å². The molecule has 0 unspecified atom stereocenters. The van der Waals surface area contributed by atoms with E-state index in [-0.39, 0.29) is 0 Å². The maximum absolute atomic E-state index is 11.8. The van der Waals surface area contributed by atoms with Gasteiger partial charge in [0.2, 0.25) is 0 Å². The molecule has 0 aliphatic heterocycles. The largest absolute Gasteiger partial charge is 0.370 e. The van der Waals surface area contributed by atoms with E-state index in [1.165, 1.54) is 12.1 Å². The second kappa shape index (κ2) is 2.33. The van der Waals surface area contributed by atoms with Gasteiger partial charge in [0.1, 0.15) is 0 Å². The lowest BCUT2D eigenvalue weighted by molar-refractivity contribution is -0.137. The lowest BCUT2D eigenvalue weighted by atomic mass is 10.2. The zero-order valence-electron chi connectivity index (χ0n) is 4.94. The van der Waals surface area contributed by atoms with Crippen LogP contribution in [0.3, 0.4) is 0 Å². The van der Waals surface area contributed by atoms with Crippen molar-refractivity contribution in [2.75, 3.05) is 0 Å². The molecule has 0 heterocycles. The fourth-order valence-electron chi connectivity index (χ4n) is 0.570. The fourth-order valence-corrected chi connectivity index (χ4v) is 0.570. The summed E-state index contributed by atoms with van der Waals surface area (Å²) in [5.74, 6) is 0. The summed E-state index contributed by atoms with van der Waals surface area (Å²) in [5, 5.41) is 0. The van der Waals surface area contributed by atoms with Crippen molar-refractivity contribution in [3.05, 3.63) is 35.9 Å². The van der Waals surface area contributed by atoms with Crippen LogP contribution < -0.4 is 0 Å². The smallest absolute Gasteiger partial charge is 0.183 e. The van der Waals surface area contributed by atoms with Crippen LogP contribution in [0.25, 0.3) is 0 Å². The summed E-state index contributed by atoms with van der Waals surface area (Å²) in [7, 11) is 0. The van der Waals surface area contributed by atoms with Gasteiger partial charge >= 0.3 is 6.18 Å². The van der Waals surface area contributed by atoms with Crippen LogP contribution in [-0.2, 0) is 6.18 Å². The van der Waals surface area contributed by atoms with E-state index in [0.29, 0.717) is 0 Å². The highest BCUT2D eigenvalue weighted by atomic mass is 19.4. The monoisotopic (exact) mass is 145 g/mol. The summed E-state index contributed by atoms with van der Waals surface area (Å²) in [6.45, 7) is 0. The van der Waals surface area contributed by atoms with Gasteiger partial charge in [-0.2, -0.15) is 43.5 Å². The Labute approximate surface area is 56.3 Å². The lowest BCUT2D eigenvalue weighted by Crippen LogP contribution is -2.03. The van der Waals surface area contributed by atoms with Crippen LogP contribution in [0.4, 0.5) is 13.2 Å². The first-order chi connectivity index (χ1) is 4.61. The van der Waals surface area contributed by atoms with Gasteiger partial charge < -0.3 is 0 Å². The van der Waals surface area contributed by atoms with Crippen molar-refractivity contribution in [1.82, 2.24) is 0 Å². The Bertz CT molecular complexity index is 200. The summed E-state index contributed by atoms with van der Waals surface area (Å²) < 4.78 is 35.3. The third-order valence-corrected chi connectivity index (χ3v) is 1.03. The average Bonchev–Trinajstić information content (AvgIpc) is 1.88. The van der Waals surface area contributed by atoms with Gasteiger partial charge in [0.05, 0.1) is 0 Å². The van der Waals surface area contributed by atoms with Crippen molar-refractivity contribution in [3.63, 3.8) is 0 Å². The SMILES string of the molecule is FC(F)(F)c1c[c-]ccc1. The lowest BCUT2D eigenvalue weighted by Gasteiger charge is -2.10.